The molecule has 1 aromatic rings. The molecule has 0 bridgehead atoms. The molecule has 5 heteroatoms. The summed E-state index contributed by atoms with van der Waals surface area (Å²) in [6.45, 7) is 0. The molecule has 108 valence electrons. The zero-order valence-corrected chi connectivity index (χ0v) is 12.0. The number of rotatable bonds is 3. The van der Waals surface area contributed by atoms with Gasteiger partial charge in [-0.05, 0) is 43.2 Å². The first-order chi connectivity index (χ1) is 9.42. The van der Waals surface area contributed by atoms with E-state index in [2.05, 4.69) is 0 Å². The first-order valence-electron chi connectivity index (χ1n) is 6.95. The van der Waals surface area contributed by atoms with Gasteiger partial charge in [-0.1, -0.05) is 31.0 Å². The Hall–Kier alpha value is -1.36. The summed E-state index contributed by atoms with van der Waals surface area (Å²) < 4.78 is 23.9. The molecular weight excluding hydrogens is 276 g/mol. The maximum Gasteiger partial charge on any atom is 0.325 e. The van der Waals surface area contributed by atoms with Crippen LogP contribution in [0.5, 0.6) is 0 Å². The number of carboxylic acids is 1. The van der Waals surface area contributed by atoms with E-state index in [9.17, 15) is 18.3 Å². The lowest BCUT2D eigenvalue weighted by Gasteiger charge is -2.51. The summed E-state index contributed by atoms with van der Waals surface area (Å²) >= 11 is 0. The highest BCUT2D eigenvalue weighted by atomic mass is 32.2. The van der Waals surface area contributed by atoms with Crippen LogP contribution < -0.4 is 0 Å². The van der Waals surface area contributed by atoms with Gasteiger partial charge in [0, 0.05) is 0 Å². The summed E-state index contributed by atoms with van der Waals surface area (Å²) in [5.74, 6) is -1.20. The molecule has 1 spiro atoms. The second-order valence-corrected chi connectivity index (χ2v) is 8.44. The van der Waals surface area contributed by atoms with E-state index in [4.69, 9.17) is 0 Å². The molecular formula is C15H18O4S. The van der Waals surface area contributed by atoms with Gasteiger partial charge in [-0.3, -0.25) is 4.79 Å². The van der Waals surface area contributed by atoms with Gasteiger partial charge in [-0.15, -0.1) is 0 Å². The first kappa shape index (κ1) is 13.6. The van der Waals surface area contributed by atoms with Crippen molar-refractivity contribution in [2.45, 2.75) is 48.2 Å². The minimum atomic E-state index is -3.83. The average molecular weight is 294 g/mol. The molecule has 0 aromatic heterocycles. The van der Waals surface area contributed by atoms with E-state index < -0.39 is 20.6 Å². The topological polar surface area (TPSA) is 71.4 Å². The molecule has 0 radical (unpaired) electrons. The van der Waals surface area contributed by atoms with Crippen LogP contribution in [0.1, 0.15) is 38.5 Å². The number of benzene rings is 1. The van der Waals surface area contributed by atoms with Crippen LogP contribution in [0.15, 0.2) is 35.2 Å². The molecule has 0 unspecified atom stereocenters. The van der Waals surface area contributed by atoms with E-state index in [1.54, 1.807) is 18.2 Å². The lowest BCUT2D eigenvalue weighted by atomic mass is 9.60. The zero-order valence-electron chi connectivity index (χ0n) is 11.2. The molecule has 1 aromatic carbocycles. The van der Waals surface area contributed by atoms with Gasteiger partial charge >= 0.3 is 5.97 Å². The van der Waals surface area contributed by atoms with E-state index >= 15 is 0 Å². The molecule has 2 fully saturated rings. The minimum absolute atomic E-state index is 0.0414. The van der Waals surface area contributed by atoms with Crippen molar-refractivity contribution in [1.29, 1.82) is 0 Å². The highest BCUT2D eigenvalue weighted by Crippen LogP contribution is 2.61. The van der Waals surface area contributed by atoms with Crippen molar-refractivity contribution < 1.29 is 18.3 Å². The molecule has 0 atom stereocenters. The summed E-state index contributed by atoms with van der Waals surface area (Å²) in [5.41, 5.74) is -0.0414. The largest absolute Gasteiger partial charge is 0.480 e. The summed E-state index contributed by atoms with van der Waals surface area (Å²) in [4.78, 5) is 11.8. The summed E-state index contributed by atoms with van der Waals surface area (Å²) in [6, 6.07) is 7.96. The Morgan fingerprint density at radius 3 is 2.10 bits per heavy atom. The van der Waals surface area contributed by atoms with Gasteiger partial charge in [-0.25, -0.2) is 8.42 Å². The van der Waals surface area contributed by atoms with Crippen molar-refractivity contribution in [3.05, 3.63) is 30.3 Å². The molecule has 0 heterocycles. The van der Waals surface area contributed by atoms with E-state index in [-0.39, 0.29) is 23.2 Å². The van der Waals surface area contributed by atoms with Crippen molar-refractivity contribution in [2.75, 3.05) is 0 Å². The Balaban J connectivity index is 1.99. The summed E-state index contributed by atoms with van der Waals surface area (Å²) in [7, 11) is -3.83. The van der Waals surface area contributed by atoms with Crippen LogP contribution in [0.25, 0.3) is 0 Å². The maximum absolute atomic E-state index is 12.7. The number of carboxylic acid groups (broad SMARTS) is 1. The Morgan fingerprint density at radius 1 is 1.05 bits per heavy atom. The number of aliphatic carboxylic acids is 1. The quantitative estimate of drug-likeness (QED) is 0.930. The number of hydrogen-bond donors (Lipinski definition) is 1. The Labute approximate surface area is 118 Å². The van der Waals surface area contributed by atoms with Gasteiger partial charge in [0.25, 0.3) is 0 Å². The predicted octanol–water partition coefficient (Wildman–Crippen LogP) is 2.64. The van der Waals surface area contributed by atoms with Gasteiger partial charge < -0.3 is 5.11 Å². The van der Waals surface area contributed by atoms with E-state index in [0.29, 0.717) is 0 Å². The second-order valence-electron chi connectivity index (χ2n) is 6.18. The standard InChI is InChI=1S/C15H18O4S/c16-13(17)15(10-14(11-15)8-4-5-9-14)20(18,19)12-6-2-1-3-7-12/h1-3,6-7H,4-5,8-11H2,(H,16,17). The first-order valence-corrected chi connectivity index (χ1v) is 8.43. The fourth-order valence-electron chi connectivity index (χ4n) is 3.92. The molecule has 3 rings (SSSR count). The SMILES string of the molecule is O=C(O)C1(S(=O)(=O)c2ccccc2)CC2(CCCC2)C1. The molecule has 0 amide bonds. The van der Waals surface area contributed by atoms with Crippen molar-refractivity contribution >= 4 is 15.8 Å². The summed E-state index contributed by atoms with van der Waals surface area (Å²) in [5, 5.41) is 9.55. The van der Waals surface area contributed by atoms with Gasteiger partial charge in [0.2, 0.25) is 0 Å². The fourth-order valence-corrected chi connectivity index (χ4v) is 6.11. The van der Waals surface area contributed by atoms with Gasteiger partial charge in [-0.2, -0.15) is 0 Å². The van der Waals surface area contributed by atoms with Gasteiger partial charge in [0.15, 0.2) is 14.6 Å². The van der Waals surface area contributed by atoms with Crippen LogP contribution in [0.3, 0.4) is 0 Å². The third kappa shape index (κ3) is 1.72. The van der Waals surface area contributed by atoms with Crippen LogP contribution in [0.2, 0.25) is 0 Å². The molecule has 0 saturated heterocycles. The predicted molar refractivity (Wildman–Crippen MR) is 74.1 cm³/mol. The Bertz CT molecular complexity index is 619. The van der Waals surface area contributed by atoms with E-state index in [0.717, 1.165) is 25.7 Å². The third-order valence-corrected chi connectivity index (χ3v) is 7.33. The van der Waals surface area contributed by atoms with Gasteiger partial charge in [0.05, 0.1) is 4.90 Å². The lowest BCUT2D eigenvalue weighted by molar-refractivity contribution is -0.147. The molecule has 0 aliphatic heterocycles. The summed E-state index contributed by atoms with van der Waals surface area (Å²) in [6.07, 6.45) is 4.64. The van der Waals surface area contributed by atoms with E-state index in [1.807, 2.05) is 0 Å². The number of sulfone groups is 1. The lowest BCUT2D eigenvalue weighted by Crippen LogP contribution is -2.60. The van der Waals surface area contributed by atoms with Crippen LogP contribution in [0, 0.1) is 5.41 Å². The third-order valence-electron chi connectivity index (χ3n) is 4.94. The smallest absolute Gasteiger partial charge is 0.325 e. The molecule has 1 N–H and O–H groups in total. The highest BCUT2D eigenvalue weighted by Gasteiger charge is 2.66. The van der Waals surface area contributed by atoms with E-state index in [1.165, 1.54) is 12.1 Å². The minimum Gasteiger partial charge on any atom is -0.480 e. The van der Waals surface area contributed by atoms with Crippen molar-refractivity contribution in [1.82, 2.24) is 0 Å². The Morgan fingerprint density at radius 2 is 1.60 bits per heavy atom. The maximum atomic E-state index is 12.7. The number of carbonyl (C=O) groups is 1. The second kappa shape index (κ2) is 4.32. The highest BCUT2D eigenvalue weighted by molar-refractivity contribution is 7.93. The fraction of sp³-hybridized carbons (Fsp3) is 0.533. The molecule has 2 aliphatic rings. The molecule has 20 heavy (non-hydrogen) atoms. The van der Waals surface area contributed by atoms with Crippen molar-refractivity contribution in [3.8, 4) is 0 Å². The Kier molecular flexibility index (Phi) is 2.94. The van der Waals surface area contributed by atoms with Crippen LogP contribution >= 0.6 is 0 Å². The average Bonchev–Trinajstić information content (AvgIpc) is 2.86. The molecule has 2 saturated carbocycles. The van der Waals surface area contributed by atoms with Crippen molar-refractivity contribution in [3.63, 3.8) is 0 Å². The zero-order chi connectivity index (χ0) is 14.4. The molecule has 2 aliphatic carbocycles. The van der Waals surface area contributed by atoms with Crippen LogP contribution in [0.4, 0.5) is 0 Å². The van der Waals surface area contributed by atoms with Gasteiger partial charge in [0.1, 0.15) is 0 Å². The normalized spacial score (nSPS) is 23.4. The van der Waals surface area contributed by atoms with Crippen molar-refractivity contribution in [2.24, 2.45) is 5.41 Å². The number of hydrogen-bond acceptors (Lipinski definition) is 3. The van der Waals surface area contributed by atoms with Crippen LogP contribution in [-0.4, -0.2) is 24.2 Å². The molecule has 4 nitrogen and oxygen atoms in total. The van der Waals surface area contributed by atoms with Crippen LogP contribution in [-0.2, 0) is 14.6 Å². The monoisotopic (exact) mass is 294 g/mol.